The first kappa shape index (κ1) is 12.5. The van der Waals surface area contributed by atoms with E-state index in [-0.39, 0.29) is 5.56 Å². The molecule has 1 fully saturated rings. The maximum atomic E-state index is 12.2. The summed E-state index contributed by atoms with van der Waals surface area (Å²) < 4.78 is 3.77. The van der Waals surface area contributed by atoms with Crippen LogP contribution in [-0.4, -0.2) is 22.2 Å². The number of hydrogen-bond donors (Lipinski definition) is 1. The zero-order chi connectivity index (χ0) is 13.2. The van der Waals surface area contributed by atoms with Crippen molar-refractivity contribution in [1.82, 2.24) is 14.5 Å². The van der Waals surface area contributed by atoms with Gasteiger partial charge in [-0.15, -0.1) is 0 Å². The van der Waals surface area contributed by atoms with Crippen LogP contribution in [0.15, 0.2) is 29.3 Å². The van der Waals surface area contributed by atoms with E-state index in [2.05, 4.69) is 9.88 Å². The molecule has 0 bridgehead atoms. The van der Waals surface area contributed by atoms with E-state index in [1.165, 1.54) is 12.8 Å². The predicted molar refractivity (Wildman–Crippen MR) is 77.4 cm³/mol. The molecule has 1 saturated heterocycles. The average molecular weight is 259 g/mol. The first-order valence-electron chi connectivity index (χ1n) is 7.11. The first-order valence-corrected chi connectivity index (χ1v) is 7.11. The number of rotatable bonds is 3. The van der Waals surface area contributed by atoms with Crippen LogP contribution in [0.5, 0.6) is 0 Å². The van der Waals surface area contributed by atoms with E-state index in [1.807, 2.05) is 31.6 Å². The van der Waals surface area contributed by atoms with Gasteiger partial charge in [-0.3, -0.25) is 4.79 Å². The highest BCUT2D eigenvalue weighted by Gasteiger charge is 2.14. The van der Waals surface area contributed by atoms with Gasteiger partial charge in [-0.25, -0.2) is 0 Å². The summed E-state index contributed by atoms with van der Waals surface area (Å²) in [5.41, 5.74) is 0.943. The lowest BCUT2D eigenvalue weighted by molar-refractivity contribution is 0.343. The molecule has 0 radical (unpaired) electrons. The standard InChI is InChI=1S/C15H21N3O/c1-17-8-5-13-6-10-18(14(13)15(17)19)9-4-12-3-2-7-16-11-12/h5-6,8,10,12,16H,2-4,7,9,11H2,1H3. The fraction of sp³-hybridized carbons (Fsp3) is 0.533. The highest BCUT2D eigenvalue weighted by Crippen LogP contribution is 2.17. The monoisotopic (exact) mass is 259 g/mol. The van der Waals surface area contributed by atoms with Gasteiger partial charge in [0, 0.05) is 31.4 Å². The Labute approximate surface area is 113 Å². The first-order chi connectivity index (χ1) is 9.25. The van der Waals surface area contributed by atoms with Gasteiger partial charge in [-0.2, -0.15) is 0 Å². The Bertz CT molecular complexity index is 620. The molecule has 0 aromatic carbocycles. The van der Waals surface area contributed by atoms with Gasteiger partial charge in [-0.1, -0.05) is 0 Å². The van der Waals surface area contributed by atoms with E-state index in [0.717, 1.165) is 42.9 Å². The Morgan fingerprint density at radius 3 is 3.00 bits per heavy atom. The molecule has 1 aliphatic heterocycles. The van der Waals surface area contributed by atoms with Crippen LogP contribution < -0.4 is 10.9 Å². The highest BCUT2D eigenvalue weighted by atomic mass is 16.1. The molecule has 0 amide bonds. The number of fused-ring (bicyclic) bond motifs is 1. The van der Waals surface area contributed by atoms with Crippen molar-refractivity contribution in [2.75, 3.05) is 13.1 Å². The minimum atomic E-state index is 0.101. The van der Waals surface area contributed by atoms with Crippen molar-refractivity contribution in [1.29, 1.82) is 0 Å². The van der Waals surface area contributed by atoms with Crippen molar-refractivity contribution in [3.8, 4) is 0 Å². The lowest BCUT2D eigenvalue weighted by Gasteiger charge is -2.22. The zero-order valence-corrected chi connectivity index (χ0v) is 11.4. The fourth-order valence-corrected chi connectivity index (χ4v) is 2.98. The number of pyridine rings is 1. The van der Waals surface area contributed by atoms with Crippen molar-refractivity contribution in [3.63, 3.8) is 0 Å². The minimum absolute atomic E-state index is 0.101. The Balaban J connectivity index is 1.81. The van der Waals surface area contributed by atoms with Crippen LogP contribution in [0.4, 0.5) is 0 Å². The molecule has 0 saturated carbocycles. The Morgan fingerprint density at radius 2 is 2.21 bits per heavy atom. The third kappa shape index (κ3) is 2.45. The van der Waals surface area contributed by atoms with E-state index < -0.39 is 0 Å². The second kappa shape index (κ2) is 5.21. The molecule has 1 atom stereocenters. The van der Waals surface area contributed by atoms with E-state index in [1.54, 1.807) is 4.57 Å². The van der Waals surface area contributed by atoms with Gasteiger partial charge < -0.3 is 14.5 Å². The third-order valence-electron chi connectivity index (χ3n) is 4.17. The van der Waals surface area contributed by atoms with Gasteiger partial charge in [0.25, 0.3) is 5.56 Å². The fourth-order valence-electron chi connectivity index (χ4n) is 2.98. The lowest BCUT2D eigenvalue weighted by atomic mass is 9.96. The Hall–Kier alpha value is -1.55. The second-order valence-corrected chi connectivity index (χ2v) is 5.55. The number of hydrogen-bond acceptors (Lipinski definition) is 2. The van der Waals surface area contributed by atoms with Gasteiger partial charge in [0.1, 0.15) is 5.52 Å². The smallest absolute Gasteiger partial charge is 0.274 e. The van der Waals surface area contributed by atoms with Crippen LogP contribution in [0.1, 0.15) is 19.3 Å². The molecule has 1 N–H and O–H groups in total. The van der Waals surface area contributed by atoms with Crippen LogP contribution >= 0.6 is 0 Å². The number of nitrogens with zero attached hydrogens (tertiary/aromatic N) is 2. The molecule has 3 heterocycles. The summed E-state index contributed by atoms with van der Waals surface area (Å²) in [5.74, 6) is 0.749. The van der Waals surface area contributed by atoms with Crippen molar-refractivity contribution in [3.05, 3.63) is 34.9 Å². The summed E-state index contributed by atoms with van der Waals surface area (Å²) in [4.78, 5) is 12.2. The second-order valence-electron chi connectivity index (χ2n) is 5.55. The number of nitrogens with one attached hydrogen (secondary N) is 1. The summed E-state index contributed by atoms with van der Waals surface area (Å²) in [5, 5.41) is 4.49. The molecule has 2 aromatic heterocycles. The largest absolute Gasteiger partial charge is 0.343 e. The molecule has 0 aliphatic carbocycles. The molecule has 4 nitrogen and oxygen atoms in total. The van der Waals surface area contributed by atoms with E-state index in [9.17, 15) is 4.79 Å². The molecule has 0 spiro atoms. The van der Waals surface area contributed by atoms with Crippen LogP contribution in [-0.2, 0) is 13.6 Å². The van der Waals surface area contributed by atoms with Crippen molar-refractivity contribution in [2.24, 2.45) is 13.0 Å². The number of aryl methyl sites for hydroxylation is 2. The van der Waals surface area contributed by atoms with Gasteiger partial charge in [0.15, 0.2) is 0 Å². The molecular weight excluding hydrogens is 238 g/mol. The molecule has 1 unspecified atom stereocenters. The molecule has 1 aliphatic rings. The maximum absolute atomic E-state index is 12.2. The van der Waals surface area contributed by atoms with Crippen molar-refractivity contribution in [2.45, 2.75) is 25.8 Å². The molecule has 4 heteroatoms. The predicted octanol–water partition coefficient (Wildman–Crippen LogP) is 1.73. The summed E-state index contributed by atoms with van der Waals surface area (Å²) in [6.07, 6.45) is 7.61. The van der Waals surface area contributed by atoms with Crippen molar-refractivity contribution >= 4 is 10.9 Å². The van der Waals surface area contributed by atoms with Crippen LogP contribution in [0.25, 0.3) is 10.9 Å². The van der Waals surface area contributed by atoms with Crippen LogP contribution in [0, 0.1) is 5.92 Å². The molecule has 3 rings (SSSR count). The van der Waals surface area contributed by atoms with Gasteiger partial charge in [-0.05, 0) is 50.4 Å². The van der Waals surface area contributed by atoms with E-state index >= 15 is 0 Å². The topological polar surface area (TPSA) is 39.0 Å². The van der Waals surface area contributed by atoms with E-state index in [0.29, 0.717) is 0 Å². The van der Waals surface area contributed by atoms with Gasteiger partial charge in [0.05, 0.1) is 0 Å². The minimum Gasteiger partial charge on any atom is -0.343 e. The molecule has 2 aromatic rings. The van der Waals surface area contributed by atoms with Crippen LogP contribution in [0.2, 0.25) is 0 Å². The number of aromatic nitrogens is 2. The SMILES string of the molecule is Cn1ccc2ccn(CCC3CCCNC3)c2c1=O. The molecule has 102 valence electrons. The summed E-state index contributed by atoms with van der Waals surface area (Å²) >= 11 is 0. The normalized spacial score (nSPS) is 19.9. The van der Waals surface area contributed by atoms with E-state index in [4.69, 9.17) is 0 Å². The summed E-state index contributed by atoms with van der Waals surface area (Å²) in [7, 11) is 1.81. The van der Waals surface area contributed by atoms with Crippen LogP contribution in [0.3, 0.4) is 0 Å². The molecular formula is C15H21N3O. The summed E-state index contributed by atoms with van der Waals surface area (Å²) in [6, 6.07) is 4.05. The maximum Gasteiger partial charge on any atom is 0.274 e. The lowest BCUT2D eigenvalue weighted by Crippen LogP contribution is -2.30. The summed E-state index contributed by atoms with van der Waals surface area (Å²) in [6.45, 7) is 3.22. The van der Waals surface area contributed by atoms with Gasteiger partial charge in [0.2, 0.25) is 0 Å². The van der Waals surface area contributed by atoms with Gasteiger partial charge >= 0.3 is 0 Å². The Kier molecular flexibility index (Phi) is 3.42. The highest BCUT2D eigenvalue weighted by molar-refractivity contribution is 5.78. The number of piperidine rings is 1. The Morgan fingerprint density at radius 1 is 1.37 bits per heavy atom. The quantitative estimate of drug-likeness (QED) is 0.911. The zero-order valence-electron chi connectivity index (χ0n) is 11.4. The molecule has 19 heavy (non-hydrogen) atoms. The van der Waals surface area contributed by atoms with Crippen molar-refractivity contribution < 1.29 is 0 Å². The third-order valence-corrected chi connectivity index (χ3v) is 4.17. The average Bonchev–Trinajstić information content (AvgIpc) is 2.86.